The Morgan fingerprint density at radius 1 is 0.967 bits per heavy atom. The molecule has 1 saturated carbocycles. The highest BCUT2D eigenvalue weighted by molar-refractivity contribution is 6.30. The Labute approximate surface area is 195 Å². The van der Waals surface area contributed by atoms with Crippen LogP contribution in [0.4, 0.5) is 5.82 Å². The standard InChI is InChI=1S/C23H25ClN4.2ClH/c1-15-2-12-21-20(14-15)23(26-19-10-8-18(25)9-11-19)28-22(27-21)13-5-16-3-6-17(24)7-4-16;;/h2-7,12-14,18-19H,8-11,25H2,1H3,(H,26,27,28);2*1H. The van der Waals surface area contributed by atoms with Crippen LogP contribution in [0.1, 0.15) is 42.6 Å². The van der Waals surface area contributed by atoms with Crippen LogP contribution in [-0.4, -0.2) is 22.1 Å². The van der Waals surface area contributed by atoms with Gasteiger partial charge >= 0.3 is 0 Å². The van der Waals surface area contributed by atoms with Crippen LogP contribution in [-0.2, 0) is 0 Å². The zero-order valence-electron chi connectivity index (χ0n) is 16.8. The van der Waals surface area contributed by atoms with E-state index >= 15 is 0 Å². The van der Waals surface area contributed by atoms with Crippen molar-refractivity contribution in [2.45, 2.75) is 44.7 Å². The summed E-state index contributed by atoms with van der Waals surface area (Å²) < 4.78 is 0. The van der Waals surface area contributed by atoms with Gasteiger partial charge in [-0.05, 0) is 68.5 Å². The molecule has 30 heavy (non-hydrogen) atoms. The van der Waals surface area contributed by atoms with Gasteiger partial charge in [-0.1, -0.05) is 41.4 Å². The first-order chi connectivity index (χ1) is 13.6. The van der Waals surface area contributed by atoms with Crippen molar-refractivity contribution in [1.82, 2.24) is 9.97 Å². The fourth-order valence-electron chi connectivity index (χ4n) is 3.65. The Morgan fingerprint density at radius 2 is 1.67 bits per heavy atom. The van der Waals surface area contributed by atoms with Crippen molar-refractivity contribution in [3.05, 3.63) is 64.4 Å². The van der Waals surface area contributed by atoms with Crippen LogP contribution in [0.5, 0.6) is 0 Å². The molecule has 0 unspecified atom stereocenters. The summed E-state index contributed by atoms with van der Waals surface area (Å²) >= 11 is 5.96. The maximum atomic E-state index is 6.06. The van der Waals surface area contributed by atoms with Crippen LogP contribution in [0, 0.1) is 6.92 Å². The van der Waals surface area contributed by atoms with Crippen molar-refractivity contribution < 1.29 is 0 Å². The molecular weight excluding hydrogens is 439 g/mol. The summed E-state index contributed by atoms with van der Waals surface area (Å²) in [4.78, 5) is 9.55. The van der Waals surface area contributed by atoms with Crippen LogP contribution in [0.15, 0.2) is 42.5 Å². The molecule has 1 aromatic heterocycles. The molecule has 0 radical (unpaired) electrons. The molecule has 0 saturated heterocycles. The molecule has 160 valence electrons. The lowest BCUT2D eigenvalue weighted by Gasteiger charge is -2.27. The monoisotopic (exact) mass is 464 g/mol. The number of benzene rings is 2. The van der Waals surface area contributed by atoms with Gasteiger partial charge in [-0.2, -0.15) is 0 Å². The van der Waals surface area contributed by atoms with E-state index in [9.17, 15) is 0 Å². The van der Waals surface area contributed by atoms with Crippen LogP contribution < -0.4 is 11.1 Å². The maximum Gasteiger partial charge on any atom is 0.154 e. The minimum atomic E-state index is 0. The van der Waals surface area contributed by atoms with Crippen LogP contribution >= 0.6 is 36.4 Å². The summed E-state index contributed by atoms with van der Waals surface area (Å²) in [7, 11) is 0. The highest BCUT2D eigenvalue weighted by atomic mass is 35.5. The fourth-order valence-corrected chi connectivity index (χ4v) is 3.77. The summed E-state index contributed by atoms with van der Waals surface area (Å²) in [6.07, 6.45) is 8.23. The highest BCUT2D eigenvalue weighted by Gasteiger charge is 2.19. The summed E-state index contributed by atoms with van der Waals surface area (Å²) in [6.45, 7) is 2.09. The molecule has 3 N–H and O–H groups in total. The number of anilines is 1. The average molecular weight is 466 g/mol. The summed E-state index contributed by atoms with van der Waals surface area (Å²) in [5, 5.41) is 5.46. The normalized spacial score (nSPS) is 18.6. The molecule has 4 rings (SSSR count). The summed E-state index contributed by atoms with van der Waals surface area (Å²) in [5.74, 6) is 1.60. The van der Waals surface area contributed by atoms with E-state index in [0.29, 0.717) is 17.9 Å². The van der Waals surface area contributed by atoms with Crippen molar-refractivity contribution in [1.29, 1.82) is 0 Å². The second-order valence-corrected chi connectivity index (χ2v) is 8.03. The van der Waals surface area contributed by atoms with E-state index in [1.54, 1.807) is 0 Å². The number of hydrogen-bond acceptors (Lipinski definition) is 4. The number of fused-ring (bicyclic) bond motifs is 1. The SMILES string of the molecule is Cc1ccc2nc(C=Cc3ccc(Cl)cc3)nc(NC3CCC(N)CC3)c2c1.Cl.Cl. The van der Waals surface area contributed by atoms with E-state index in [1.165, 1.54) is 5.56 Å². The molecule has 0 spiro atoms. The third kappa shape index (κ3) is 6.08. The number of hydrogen-bond donors (Lipinski definition) is 2. The molecule has 0 aliphatic heterocycles. The quantitative estimate of drug-likeness (QED) is 0.475. The first-order valence-electron chi connectivity index (χ1n) is 9.81. The minimum Gasteiger partial charge on any atom is -0.367 e. The summed E-state index contributed by atoms with van der Waals surface area (Å²) in [6, 6.07) is 14.8. The molecule has 3 aromatic rings. The van der Waals surface area contributed by atoms with Crippen molar-refractivity contribution in [2.24, 2.45) is 5.73 Å². The van der Waals surface area contributed by atoms with E-state index in [4.69, 9.17) is 27.3 Å². The average Bonchev–Trinajstić information content (AvgIpc) is 2.70. The number of rotatable bonds is 4. The molecule has 1 fully saturated rings. The third-order valence-electron chi connectivity index (χ3n) is 5.28. The topological polar surface area (TPSA) is 63.8 Å². The molecule has 1 aliphatic carbocycles. The number of aromatic nitrogens is 2. The molecule has 1 heterocycles. The Morgan fingerprint density at radius 3 is 2.37 bits per heavy atom. The van der Waals surface area contributed by atoms with Gasteiger partial charge in [-0.25, -0.2) is 9.97 Å². The molecule has 0 atom stereocenters. The molecule has 1 aliphatic rings. The Balaban J connectivity index is 0.00000160. The first kappa shape index (κ1) is 24.4. The Hall–Kier alpha value is -1.85. The predicted molar refractivity (Wildman–Crippen MR) is 133 cm³/mol. The van der Waals surface area contributed by atoms with E-state index in [1.807, 2.05) is 36.4 Å². The van der Waals surface area contributed by atoms with Gasteiger partial charge in [0.25, 0.3) is 0 Å². The minimum absolute atomic E-state index is 0. The molecule has 4 nitrogen and oxygen atoms in total. The van der Waals surface area contributed by atoms with Crippen molar-refractivity contribution >= 4 is 65.3 Å². The number of halogens is 3. The lowest BCUT2D eigenvalue weighted by molar-refractivity contribution is 0.410. The number of nitrogens with two attached hydrogens (primary N) is 1. The van der Waals surface area contributed by atoms with Gasteiger partial charge in [0.05, 0.1) is 5.52 Å². The lowest BCUT2D eigenvalue weighted by Crippen LogP contribution is -2.33. The zero-order valence-corrected chi connectivity index (χ0v) is 19.2. The zero-order chi connectivity index (χ0) is 19.5. The Bertz CT molecular complexity index is 997. The number of nitrogens with one attached hydrogen (secondary N) is 1. The van der Waals surface area contributed by atoms with Crippen LogP contribution in [0.25, 0.3) is 23.1 Å². The lowest BCUT2D eigenvalue weighted by atomic mass is 9.92. The smallest absolute Gasteiger partial charge is 0.154 e. The van der Waals surface area contributed by atoms with Gasteiger partial charge in [0.15, 0.2) is 5.82 Å². The molecular formula is C23H27Cl3N4. The second kappa shape index (κ2) is 11.0. The largest absolute Gasteiger partial charge is 0.367 e. The van der Waals surface area contributed by atoms with Crippen molar-refractivity contribution in [2.75, 3.05) is 5.32 Å². The van der Waals surface area contributed by atoms with Crippen molar-refractivity contribution in [3.63, 3.8) is 0 Å². The van der Waals surface area contributed by atoms with Crippen LogP contribution in [0.3, 0.4) is 0 Å². The molecule has 0 bridgehead atoms. The van der Waals surface area contributed by atoms with Gasteiger partial charge in [0.1, 0.15) is 5.82 Å². The van der Waals surface area contributed by atoms with E-state index in [2.05, 4.69) is 30.4 Å². The fraction of sp³-hybridized carbons (Fsp3) is 0.304. The number of nitrogens with zero attached hydrogens (tertiary/aromatic N) is 2. The van der Waals surface area contributed by atoms with Gasteiger partial charge in [-0.3, -0.25) is 0 Å². The predicted octanol–water partition coefficient (Wildman–Crippen LogP) is 6.29. The van der Waals surface area contributed by atoms with Gasteiger partial charge in [0.2, 0.25) is 0 Å². The Kier molecular flexibility index (Phi) is 8.92. The highest BCUT2D eigenvalue weighted by Crippen LogP contribution is 2.26. The third-order valence-corrected chi connectivity index (χ3v) is 5.53. The first-order valence-corrected chi connectivity index (χ1v) is 10.2. The van der Waals surface area contributed by atoms with Crippen molar-refractivity contribution in [3.8, 4) is 0 Å². The van der Waals surface area contributed by atoms with Gasteiger partial charge in [-0.15, -0.1) is 24.8 Å². The molecule has 0 amide bonds. The van der Waals surface area contributed by atoms with Gasteiger partial charge in [0, 0.05) is 22.5 Å². The maximum absolute atomic E-state index is 6.06. The van der Waals surface area contributed by atoms with E-state index in [-0.39, 0.29) is 24.8 Å². The van der Waals surface area contributed by atoms with Gasteiger partial charge < -0.3 is 11.1 Å². The molecule has 2 aromatic carbocycles. The molecule has 7 heteroatoms. The number of aryl methyl sites for hydroxylation is 1. The summed E-state index contributed by atoms with van der Waals surface area (Å²) in [5.41, 5.74) is 9.27. The van der Waals surface area contributed by atoms with Crippen LogP contribution in [0.2, 0.25) is 5.02 Å². The van der Waals surface area contributed by atoms with E-state index < -0.39 is 0 Å². The van der Waals surface area contributed by atoms with E-state index in [0.717, 1.165) is 53.0 Å². The second-order valence-electron chi connectivity index (χ2n) is 7.59.